The Hall–Kier alpha value is -3.97. The number of amides is 2. The molecule has 2 amide bonds. The fourth-order valence-corrected chi connectivity index (χ4v) is 5.38. The zero-order valence-corrected chi connectivity index (χ0v) is 24.7. The molecule has 3 aromatic heterocycles. The number of carbonyl (C=O) groups is 2. The van der Waals surface area contributed by atoms with E-state index in [1.165, 1.54) is 27.2 Å². The van der Waals surface area contributed by atoms with Crippen molar-refractivity contribution < 1.29 is 24.2 Å². The van der Waals surface area contributed by atoms with Gasteiger partial charge in [-0.3, -0.25) is 14.5 Å². The van der Waals surface area contributed by atoms with Crippen LogP contribution in [0, 0.1) is 0 Å². The lowest BCUT2D eigenvalue weighted by Gasteiger charge is -2.34. The molecular formula is C29H39N7O6. The molecule has 42 heavy (non-hydrogen) atoms. The maximum atomic E-state index is 13.5. The van der Waals surface area contributed by atoms with Gasteiger partial charge in [0, 0.05) is 32.5 Å². The Bertz CT molecular complexity index is 1530. The van der Waals surface area contributed by atoms with Gasteiger partial charge in [0.25, 0.3) is 11.5 Å². The van der Waals surface area contributed by atoms with E-state index in [-0.39, 0.29) is 58.2 Å². The zero-order valence-electron chi connectivity index (χ0n) is 24.7. The lowest BCUT2D eigenvalue weighted by Crippen LogP contribution is -2.40. The molecule has 0 bridgehead atoms. The molecule has 2 fully saturated rings. The first kappa shape index (κ1) is 29.5. The van der Waals surface area contributed by atoms with E-state index in [1.807, 2.05) is 0 Å². The number of anilines is 3. The van der Waals surface area contributed by atoms with Gasteiger partial charge < -0.3 is 29.8 Å². The lowest BCUT2D eigenvalue weighted by molar-refractivity contribution is 0.0300. The third-order valence-corrected chi connectivity index (χ3v) is 7.80. The summed E-state index contributed by atoms with van der Waals surface area (Å²) >= 11 is 0. The highest BCUT2D eigenvalue weighted by molar-refractivity contribution is 6.00. The van der Waals surface area contributed by atoms with E-state index in [0.717, 1.165) is 19.3 Å². The van der Waals surface area contributed by atoms with Crippen molar-refractivity contribution in [3.63, 3.8) is 0 Å². The molecule has 4 atom stereocenters. The highest BCUT2D eigenvalue weighted by Crippen LogP contribution is 2.31. The Morgan fingerprint density at radius 3 is 2.64 bits per heavy atom. The average Bonchev–Trinajstić information content (AvgIpc) is 3.37. The molecule has 13 nitrogen and oxygen atoms in total. The van der Waals surface area contributed by atoms with Gasteiger partial charge in [-0.1, -0.05) is 0 Å². The number of aromatic nitrogens is 4. The number of nitrogens with one attached hydrogen (secondary N) is 2. The first-order valence-electron chi connectivity index (χ1n) is 14.3. The van der Waals surface area contributed by atoms with Gasteiger partial charge in [-0.15, -0.1) is 0 Å². The monoisotopic (exact) mass is 581 g/mol. The normalized spacial score (nSPS) is 22.3. The highest BCUT2D eigenvalue weighted by Gasteiger charge is 2.32. The molecule has 0 aromatic carbocycles. The van der Waals surface area contributed by atoms with E-state index in [2.05, 4.69) is 20.7 Å². The molecule has 0 saturated heterocycles. The van der Waals surface area contributed by atoms with Crippen molar-refractivity contribution >= 4 is 35.0 Å². The summed E-state index contributed by atoms with van der Waals surface area (Å²) in [5.74, 6) is 0.158. The number of rotatable bonds is 7. The number of ether oxygens (including phenoxy) is 2. The Morgan fingerprint density at radius 1 is 1.19 bits per heavy atom. The Morgan fingerprint density at radius 2 is 1.98 bits per heavy atom. The third kappa shape index (κ3) is 6.12. The maximum Gasteiger partial charge on any atom is 0.415 e. The topological polar surface area (TPSA) is 152 Å². The summed E-state index contributed by atoms with van der Waals surface area (Å²) in [4.78, 5) is 45.7. The van der Waals surface area contributed by atoms with Crippen molar-refractivity contribution in [2.75, 3.05) is 24.4 Å². The minimum absolute atomic E-state index is 0.0546. The minimum Gasteiger partial charge on any atom is -0.443 e. The smallest absolute Gasteiger partial charge is 0.415 e. The second kappa shape index (κ2) is 11.7. The largest absolute Gasteiger partial charge is 0.443 e. The Balaban J connectivity index is 1.52. The second-order valence-electron chi connectivity index (χ2n) is 12.0. The van der Waals surface area contributed by atoms with Crippen LogP contribution >= 0.6 is 0 Å². The van der Waals surface area contributed by atoms with Crippen molar-refractivity contribution in [1.82, 2.24) is 24.5 Å². The summed E-state index contributed by atoms with van der Waals surface area (Å²) in [6.45, 7) is 5.30. The average molecular weight is 582 g/mol. The van der Waals surface area contributed by atoms with Crippen LogP contribution in [0.5, 0.6) is 0 Å². The predicted octanol–water partition coefficient (Wildman–Crippen LogP) is 3.39. The summed E-state index contributed by atoms with van der Waals surface area (Å²) < 4.78 is 14.0. The van der Waals surface area contributed by atoms with E-state index in [1.54, 1.807) is 52.3 Å². The number of fused-ring (bicyclic) bond motifs is 1. The first-order chi connectivity index (χ1) is 19.9. The van der Waals surface area contributed by atoms with Crippen molar-refractivity contribution in [2.45, 2.75) is 89.2 Å². The van der Waals surface area contributed by atoms with Gasteiger partial charge in [-0.2, -0.15) is 9.61 Å². The maximum absolute atomic E-state index is 13.5. The van der Waals surface area contributed by atoms with Crippen LogP contribution in [0.25, 0.3) is 5.65 Å². The molecule has 2 aliphatic rings. The highest BCUT2D eigenvalue weighted by atomic mass is 16.6. The third-order valence-electron chi connectivity index (χ3n) is 7.80. The fourth-order valence-electron chi connectivity index (χ4n) is 5.38. The van der Waals surface area contributed by atoms with Gasteiger partial charge in [0.2, 0.25) is 0 Å². The molecule has 0 radical (unpaired) electrons. The van der Waals surface area contributed by atoms with Crippen LogP contribution < -0.4 is 21.1 Å². The zero-order chi connectivity index (χ0) is 30.2. The molecular weight excluding hydrogens is 542 g/mol. The number of nitrogens with zero attached hydrogens (tertiary/aromatic N) is 5. The van der Waals surface area contributed by atoms with E-state index < -0.39 is 17.8 Å². The molecule has 2 aliphatic carbocycles. The van der Waals surface area contributed by atoms with Crippen molar-refractivity contribution in [3.05, 3.63) is 46.5 Å². The van der Waals surface area contributed by atoms with E-state index >= 15 is 0 Å². The van der Waals surface area contributed by atoms with Crippen LogP contribution in [0.15, 0.2) is 35.4 Å². The van der Waals surface area contributed by atoms with Gasteiger partial charge in [0.05, 0.1) is 24.4 Å². The van der Waals surface area contributed by atoms with Crippen LogP contribution in [0.3, 0.4) is 0 Å². The molecule has 3 N–H and O–H groups in total. The van der Waals surface area contributed by atoms with Gasteiger partial charge in [-0.05, 0) is 71.4 Å². The lowest BCUT2D eigenvalue weighted by atomic mass is 9.89. The van der Waals surface area contributed by atoms with Crippen LogP contribution in [-0.4, -0.2) is 74.3 Å². The fraction of sp³-hybridized carbons (Fsp3) is 0.552. The van der Waals surface area contributed by atoms with Gasteiger partial charge in [0.15, 0.2) is 5.65 Å². The number of hydrogen-bond acceptors (Lipinski definition) is 9. The summed E-state index contributed by atoms with van der Waals surface area (Å²) in [5.41, 5.74) is -0.401. The summed E-state index contributed by atoms with van der Waals surface area (Å²) in [7, 11) is 3.21. The standard InChI is InChI=1S/C29H39N7O6/c1-29(2,3)42-28(40)34(4)24-15-23(32-20-10-7-13-35(27(20)39)21-11-12-22(21)37)33-25-19(16-30-36(24)25)26(38)31-17-8-6-9-18(14-17)41-5/h7,10,13,15-18,21-22,37H,6,8-9,11-12,14H2,1-5H3,(H,31,38)(H,32,33)/t17?,18-,21+,22-/m1/s1. The van der Waals surface area contributed by atoms with Crippen LogP contribution in [0.4, 0.5) is 22.1 Å². The van der Waals surface area contributed by atoms with Crippen molar-refractivity contribution in [3.8, 4) is 0 Å². The molecule has 5 rings (SSSR count). The van der Waals surface area contributed by atoms with Gasteiger partial charge in [-0.25, -0.2) is 9.78 Å². The minimum atomic E-state index is -0.741. The van der Waals surface area contributed by atoms with E-state index in [9.17, 15) is 19.5 Å². The summed E-state index contributed by atoms with van der Waals surface area (Å²) in [6, 6.07) is 4.56. The first-order valence-corrected chi connectivity index (χ1v) is 14.3. The van der Waals surface area contributed by atoms with Crippen LogP contribution in [-0.2, 0) is 9.47 Å². The molecule has 3 aromatic rings. The van der Waals surface area contributed by atoms with E-state index in [0.29, 0.717) is 19.3 Å². The van der Waals surface area contributed by atoms with Crippen molar-refractivity contribution in [1.29, 1.82) is 0 Å². The summed E-state index contributed by atoms with van der Waals surface area (Å²) in [5, 5.41) is 20.7. The number of carbonyl (C=O) groups excluding carboxylic acids is 2. The predicted molar refractivity (Wildman–Crippen MR) is 156 cm³/mol. The number of hydrogen-bond donors (Lipinski definition) is 3. The Labute approximate surface area is 243 Å². The van der Waals surface area contributed by atoms with Gasteiger partial charge in [0.1, 0.15) is 28.5 Å². The van der Waals surface area contributed by atoms with E-state index in [4.69, 9.17) is 9.47 Å². The Kier molecular flexibility index (Phi) is 8.24. The molecule has 13 heteroatoms. The molecule has 226 valence electrons. The SMILES string of the molecule is CO[C@@H]1CCCC(NC(=O)c2cnn3c(N(C)C(=O)OC(C)(C)C)cc(Nc4cccn([C@H]5CC[C@H]5O)c4=O)nc23)C1. The van der Waals surface area contributed by atoms with Crippen molar-refractivity contribution in [2.24, 2.45) is 0 Å². The molecule has 0 aliphatic heterocycles. The number of pyridine rings is 1. The molecule has 3 heterocycles. The number of aliphatic hydroxyl groups is 1. The second-order valence-corrected chi connectivity index (χ2v) is 12.0. The van der Waals surface area contributed by atoms with Gasteiger partial charge >= 0.3 is 6.09 Å². The number of aliphatic hydroxyl groups excluding tert-OH is 1. The number of methoxy groups -OCH3 is 1. The molecule has 1 unspecified atom stereocenters. The van der Waals surface area contributed by atoms with Crippen LogP contribution in [0.1, 0.15) is 75.7 Å². The van der Waals surface area contributed by atoms with Crippen LogP contribution in [0.2, 0.25) is 0 Å². The molecule has 0 spiro atoms. The summed E-state index contributed by atoms with van der Waals surface area (Å²) in [6.07, 6.45) is 6.76. The quantitative estimate of drug-likeness (QED) is 0.381. The molecule has 2 saturated carbocycles.